The number of carbonyl (C=O) groups excluding carboxylic acids is 1. The number of hydrogen-bond donors (Lipinski definition) is 9. The van der Waals surface area contributed by atoms with E-state index in [2.05, 4.69) is 55.6 Å². The monoisotopic (exact) mass is 1010 g/mol. The van der Waals surface area contributed by atoms with Crippen molar-refractivity contribution >= 4 is 5.91 Å². The van der Waals surface area contributed by atoms with E-state index in [9.17, 15) is 45.6 Å². The third-order valence-corrected chi connectivity index (χ3v) is 13.7. The van der Waals surface area contributed by atoms with Gasteiger partial charge in [-0.2, -0.15) is 0 Å². The Labute approximate surface area is 429 Å². The summed E-state index contributed by atoms with van der Waals surface area (Å²) >= 11 is 0. The summed E-state index contributed by atoms with van der Waals surface area (Å²) in [7, 11) is 0. The standard InChI is InChI=1S/C57H103NO13/c1-3-5-7-9-11-13-15-17-19-21-23-25-27-29-31-33-35-37-39-41-49(62)58-45(46(61)40-38-36-34-32-30-28-26-24-22-20-18-16-14-12-10-8-6-4-2)44-68-56-54(67)52(65)55(48(43-60)70-56)71-57-53(66)51(64)50(63)47(42-59)69-57/h11,13,17,19,30,32,38,40,45-48,50-57,59-61,63-67H,3-10,12,14-16,18,20-29,31,33-37,39,41-44H2,1-2H3,(H,58,62)/b13-11-,19-17-,32-30+,40-38+. The highest BCUT2D eigenvalue weighted by Crippen LogP contribution is 2.30. The minimum Gasteiger partial charge on any atom is -0.394 e. The van der Waals surface area contributed by atoms with Gasteiger partial charge in [0.1, 0.15) is 48.8 Å². The Morgan fingerprint density at radius 3 is 1.49 bits per heavy atom. The van der Waals surface area contributed by atoms with Crippen molar-refractivity contribution in [2.45, 2.75) is 286 Å². The van der Waals surface area contributed by atoms with Crippen LogP contribution in [0.3, 0.4) is 0 Å². The summed E-state index contributed by atoms with van der Waals surface area (Å²) in [5.74, 6) is -0.254. The van der Waals surface area contributed by atoms with Gasteiger partial charge in [-0.25, -0.2) is 0 Å². The van der Waals surface area contributed by atoms with E-state index in [0.717, 1.165) is 44.9 Å². The lowest BCUT2D eigenvalue weighted by molar-refractivity contribution is -0.359. The molecular formula is C57H103NO13. The topological polar surface area (TPSA) is 228 Å². The van der Waals surface area contributed by atoms with Gasteiger partial charge in [0, 0.05) is 6.42 Å². The number of allylic oxidation sites excluding steroid dienone is 7. The highest BCUT2D eigenvalue weighted by Gasteiger charge is 2.51. The third kappa shape index (κ3) is 29.6. The second-order valence-corrected chi connectivity index (χ2v) is 20.1. The zero-order valence-corrected chi connectivity index (χ0v) is 44.2. The Kier molecular flexibility index (Phi) is 39.6. The molecule has 2 aliphatic heterocycles. The molecule has 71 heavy (non-hydrogen) atoms. The van der Waals surface area contributed by atoms with E-state index in [4.69, 9.17) is 18.9 Å². The SMILES string of the molecule is CCCCC/C=C\C/C=C\CCCCCCCCCCCC(=O)NC(COC1OC(CO)C(OC2OC(CO)C(O)C(O)C2O)C(O)C1O)C(O)/C=C/CC/C=C/CCCCCCCCCCCCCC. The molecule has 0 bridgehead atoms. The number of hydrogen-bond acceptors (Lipinski definition) is 13. The molecule has 2 aliphatic rings. The Morgan fingerprint density at radius 2 is 0.944 bits per heavy atom. The quantitative estimate of drug-likeness (QED) is 0.0206. The maximum absolute atomic E-state index is 13.2. The number of unbranched alkanes of at least 4 members (excludes halogenated alkanes) is 25. The Balaban J connectivity index is 1.82. The molecule has 0 spiro atoms. The number of nitrogens with one attached hydrogen (secondary N) is 1. The van der Waals surface area contributed by atoms with Gasteiger partial charge in [0.05, 0.1) is 32.0 Å². The van der Waals surface area contributed by atoms with E-state index in [0.29, 0.717) is 12.8 Å². The van der Waals surface area contributed by atoms with Crippen LogP contribution < -0.4 is 5.32 Å². The van der Waals surface area contributed by atoms with E-state index in [1.165, 1.54) is 135 Å². The fourth-order valence-corrected chi connectivity index (χ4v) is 9.10. The summed E-state index contributed by atoms with van der Waals surface area (Å²) in [4.78, 5) is 13.2. The minimum absolute atomic E-state index is 0.254. The maximum Gasteiger partial charge on any atom is 0.220 e. The summed E-state index contributed by atoms with van der Waals surface area (Å²) in [5, 5.41) is 87.0. The van der Waals surface area contributed by atoms with Gasteiger partial charge in [0.25, 0.3) is 0 Å². The van der Waals surface area contributed by atoms with Crippen LogP contribution in [0.4, 0.5) is 0 Å². The van der Waals surface area contributed by atoms with Gasteiger partial charge in [-0.15, -0.1) is 0 Å². The van der Waals surface area contributed by atoms with Crippen LogP contribution in [-0.4, -0.2) is 140 Å². The summed E-state index contributed by atoms with van der Waals surface area (Å²) in [6.07, 6.45) is 35.7. The Morgan fingerprint density at radius 1 is 0.507 bits per heavy atom. The molecule has 0 radical (unpaired) electrons. The average Bonchev–Trinajstić information content (AvgIpc) is 3.37. The molecule has 0 aromatic rings. The van der Waals surface area contributed by atoms with Crippen molar-refractivity contribution in [3.8, 4) is 0 Å². The van der Waals surface area contributed by atoms with Gasteiger partial charge in [-0.1, -0.05) is 191 Å². The normalized spacial score (nSPS) is 26.1. The molecule has 414 valence electrons. The van der Waals surface area contributed by atoms with Crippen LogP contribution in [-0.2, 0) is 23.7 Å². The van der Waals surface area contributed by atoms with Crippen molar-refractivity contribution in [2.75, 3.05) is 19.8 Å². The third-order valence-electron chi connectivity index (χ3n) is 13.7. The van der Waals surface area contributed by atoms with Crippen LogP contribution in [0, 0.1) is 0 Å². The highest BCUT2D eigenvalue weighted by atomic mass is 16.7. The molecule has 12 atom stereocenters. The molecule has 9 N–H and O–H groups in total. The van der Waals surface area contributed by atoms with Crippen LogP contribution in [0.5, 0.6) is 0 Å². The van der Waals surface area contributed by atoms with E-state index in [-0.39, 0.29) is 18.9 Å². The van der Waals surface area contributed by atoms with Crippen LogP contribution in [0.15, 0.2) is 48.6 Å². The van der Waals surface area contributed by atoms with Gasteiger partial charge in [0.2, 0.25) is 5.91 Å². The van der Waals surface area contributed by atoms with E-state index in [1.807, 2.05) is 6.08 Å². The van der Waals surface area contributed by atoms with Crippen molar-refractivity contribution in [3.63, 3.8) is 0 Å². The predicted octanol–water partition coefficient (Wildman–Crippen LogP) is 8.83. The van der Waals surface area contributed by atoms with Gasteiger partial charge >= 0.3 is 0 Å². The van der Waals surface area contributed by atoms with Crippen molar-refractivity contribution in [1.29, 1.82) is 0 Å². The molecule has 0 aliphatic carbocycles. The molecule has 2 heterocycles. The molecule has 2 rings (SSSR count). The van der Waals surface area contributed by atoms with Crippen molar-refractivity contribution in [2.24, 2.45) is 0 Å². The second-order valence-electron chi connectivity index (χ2n) is 20.1. The summed E-state index contributed by atoms with van der Waals surface area (Å²) < 4.78 is 22.7. The molecule has 2 saturated heterocycles. The fraction of sp³-hybridized carbons (Fsp3) is 0.842. The zero-order valence-electron chi connectivity index (χ0n) is 44.2. The number of rotatable bonds is 44. The first-order valence-electron chi connectivity index (χ1n) is 28.4. The lowest BCUT2D eigenvalue weighted by Crippen LogP contribution is -2.65. The number of aliphatic hydroxyl groups is 8. The molecule has 14 nitrogen and oxygen atoms in total. The second kappa shape index (κ2) is 43.2. The van der Waals surface area contributed by atoms with Gasteiger partial charge < -0.3 is 65.1 Å². The number of carbonyl (C=O) groups is 1. The van der Waals surface area contributed by atoms with Gasteiger partial charge in [-0.05, 0) is 64.2 Å². The van der Waals surface area contributed by atoms with E-state index >= 15 is 0 Å². The van der Waals surface area contributed by atoms with Crippen molar-refractivity contribution < 1.29 is 64.6 Å². The fourth-order valence-electron chi connectivity index (χ4n) is 9.10. The Hall–Kier alpha value is -2.05. The molecule has 1 amide bonds. The van der Waals surface area contributed by atoms with E-state index in [1.54, 1.807) is 6.08 Å². The van der Waals surface area contributed by atoms with Crippen LogP contribution in [0.1, 0.15) is 213 Å². The average molecular weight is 1010 g/mol. The first-order chi connectivity index (χ1) is 34.6. The van der Waals surface area contributed by atoms with Crippen molar-refractivity contribution in [3.05, 3.63) is 48.6 Å². The van der Waals surface area contributed by atoms with E-state index < -0.39 is 86.8 Å². The maximum atomic E-state index is 13.2. The molecule has 14 heteroatoms. The smallest absolute Gasteiger partial charge is 0.220 e. The zero-order chi connectivity index (χ0) is 51.7. The van der Waals surface area contributed by atoms with Gasteiger partial charge in [0.15, 0.2) is 12.6 Å². The molecule has 2 fully saturated rings. The first-order valence-corrected chi connectivity index (χ1v) is 28.4. The van der Waals surface area contributed by atoms with Crippen LogP contribution in [0.25, 0.3) is 0 Å². The minimum atomic E-state index is -1.79. The van der Waals surface area contributed by atoms with Gasteiger partial charge in [-0.3, -0.25) is 4.79 Å². The molecule has 0 aromatic heterocycles. The lowest BCUT2D eigenvalue weighted by Gasteiger charge is -2.46. The molecule has 0 saturated carbocycles. The molecule has 0 aromatic carbocycles. The largest absolute Gasteiger partial charge is 0.394 e. The summed E-state index contributed by atoms with van der Waals surface area (Å²) in [6.45, 7) is 2.75. The summed E-state index contributed by atoms with van der Waals surface area (Å²) in [5.41, 5.74) is 0. The Bertz CT molecular complexity index is 1380. The summed E-state index contributed by atoms with van der Waals surface area (Å²) in [6, 6.07) is -0.934. The number of aliphatic hydroxyl groups excluding tert-OH is 8. The molecular weight excluding hydrogens is 907 g/mol. The van der Waals surface area contributed by atoms with Crippen molar-refractivity contribution in [1.82, 2.24) is 5.32 Å². The first kappa shape index (κ1) is 65.1. The lowest BCUT2D eigenvalue weighted by atomic mass is 9.97. The number of amides is 1. The highest BCUT2D eigenvalue weighted by molar-refractivity contribution is 5.76. The predicted molar refractivity (Wildman–Crippen MR) is 281 cm³/mol. The van der Waals surface area contributed by atoms with Crippen LogP contribution >= 0.6 is 0 Å². The molecule has 12 unspecified atom stereocenters. The number of ether oxygens (including phenoxy) is 4. The van der Waals surface area contributed by atoms with Crippen LogP contribution in [0.2, 0.25) is 0 Å².